The second kappa shape index (κ2) is 7.34. The third kappa shape index (κ3) is 5.23. The highest BCUT2D eigenvalue weighted by molar-refractivity contribution is 8.01. The number of thiophene rings is 1. The smallest absolute Gasteiger partial charge is 0.326 e. The molecule has 0 fully saturated rings. The van der Waals surface area contributed by atoms with Crippen molar-refractivity contribution >= 4 is 35.0 Å². The number of carbonyl (C=O) groups is 2. The molecule has 0 aliphatic heterocycles. The summed E-state index contributed by atoms with van der Waals surface area (Å²) in [7, 11) is 0. The summed E-state index contributed by atoms with van der Waals surface area (Å²) in [5.74, 6) is -0.945. The van der Waals surface area contributed by atoms with E-state index in [0.717, 1.165) is 10.6 Å². The molecule has 1 atom stereocenters. The molecule has 0 bridgehead atoms. The van der Waals surface area contributed by atoms with Crippen LogP contribution in [0.25, 0.3) is 0 Å². The van der Waals surface area contributed by atoms with Crippen molar-refractivity contribution in [1.29, 1.82) is 0 Å². The Balaban J connectivity index is 2.34. The first kappa shape index (κ1) is 14.1. The molecule has 94 valence electrons. The largest absolute Gasteiger partial charge is 0.480 e. The van der Waals surface area contributed by atoms with Crippen LogP contribution in [-0.4, -0.2) is 28.8 Å². The minimum absolute atomic E-state index is 0.232. The lowest BCUT2D eigenvalue weighted by atomic mass is 10.2. The molecule has 1 aromatic rings. The minimum Gasteiger partial charge on any atom is -0.480 e. The number of amides is 1. The number of aliphatic carboxylic acids is 1. The predicted octanol–water partition coefficient (Wildman–Crippen LogP) is 2.21. The second-order valence-electron chi connectivity index (χ2n) is 3.47. The molecule has 0 aromatic carbocycles. The van der Waals surface area contributed by atoms with Crippen LogP contribution in [0.15, 0.2) is 21.7 Å². The molecular weight excluding hydrogens is 258 g/mol. The highest BCUT2D eigenvalue weighted by atomic mass is 32.2. The summed E-state index contributed by atoms with van der Waals surface area (Å²) in [5, 5.41) is 13.4. The van der Waals surface area contributed by atoms with Gasteiger partial charge in [0.2, 0.25) is 5.91 Å². The van der Waals surface area contributed by atoms with E-state index in [0.29, 0.717) is 6.42 Å². The summed E-state index contributed by atoms with van der Waals surface area (Å²) in [6.07, 6.45) is 1.19. The van der Waals surface area contributed by atoms with Crippen molar-refractivity contribution in [3.8, 4) is 0 Å². The van der Waals surface area contributed by atoms with Gasteiger partial charge in [-0.15, -0.1) is 23.1 Å². The first-order chi connectivity index (χ1) is 8.13. The number of hydrogen-bond acceptors (Lipinski definition) is 4. The molecule has 0 saturated carbocycles. The average molecular weight is 273 g/mol. The average Bonchev–Trinajstić information content (AvgIpc) is 2.78. The molecule has 17 heavy (non-hydrogen) atoms. The number of hydrogen-bond donors (Lipinski definition) is 2. The summed E-state index contributed by atoms with van der Waals surface area (Å²) < 4.78 is 1.06. The standard InChI is InChI=1S/C11H15NO3S2/c1-2-4-8(11(14)15)12-9(13)7-17-10-5-3-6-16-10/h3,5-6,8H,2,4,7H2,1H3,(H,12,13)(H,14,15)/t8-/m0/s1. The van der Waals surface area contributed by atoms with Gasteiger partial charge in [0.25, 0.3) is 0 Å². The van der Waals surface area contributed by atoms with Gasteiger partial charge in [-0.05, 0) is 17.9 Å². The van der Waals surface area contributed by atoms with Crippen LogP contribution in [-0.2, 0) is 9.59 Å². The zero-order valence-electron chi connectivity index (χ0n) is 9.51. The maximum atomic E-state index is 11.5. The monoisotopic (exact) mass is 273 g/mol. The lowest BCUT2D eigenvalue weighted by Gasteiger charge is -2.12. The molecule has 1 aromatic heterocycles. The van der Waals surface area contributed by atoms with E-state index in [-0.39, 0.29) is 11.7 Å². The van der Waals surface area contributed by atoms with Gasteiger partial charge >= 0.3 is 5.97 Å². The fraction of sp³-hybridized carbons (Fsp3) is 0.455. The Bertz CT molecular complexity index is 365. The maximum absolute atomic E-state index is 11.5. The first-order valence-electron chi connectivity index (χ1n) is 5.32. The third-order valence-corrected chi connectivity index (χ3v) is 4.18. The quantitative estimate of drug-likeness (QED) is 0.748. The van der Waals surface area contributed by atoms with Crippen molar-refractivity contribution in [2.75, 3.05) is 5.75 Å². The molecule has 1 heterocycles. The number of carbonyl (C=O) groups excluding carboxylic acids is 1. The van der Waals surface area contributed by atoms with E-state index >= 15 is 0 Å². The van der Waals surface area contributed by atoms with Crippen LogP contribution in [0.1, 0.15) is 19.8 Å². The van der Waals surface area contributed by atoms with E-state index in [1.807, 2.05) is 24.4 Å². The zero-order chi connectivity index (χ0) is 12.7. The van der Waals surface area contributed by atoms with Gasteiger partial charge in [-0.25, -0.2) is 4.79 Å². The molecule has 1 rings (SSSR count). The molecule has 0 saturated heterocycles. The van der Waals surface area contributed by atoms with E-state index in [1.54, 1.807) is 11.3 Å². The fourth-order valence-electron chi connectivity index (χ4n) is 1.26. The molecule has 1 amide bonds. The Morgan fingerprint density at radius 1 is 1.59 bits per heavy atom. The molecule has 2 N–H and O–H groups in total. The van der Waals surface area contributed by atoms with Crippen LogP contribution < -0.4 is 5.32 Å². The zero-order valence-corrected chi connectivity index (χ0v) is 11.1. The summed E-state index contributed by atoms with van der Waals surface area (Å²) in [6.45, 7) is 1.89. The highest BCUT2D eigenvalue weighted by Gasteiger charge is 2.18. The van der Waals surface area contributed by atoms with E-state index in [1.165, 1.54) is 11.8 Å². The topological polar surface area (TPSA) is 66.4 Å². The molecule has 0 unspecified atom stereocenters. The summed E-state index contributed by atoms with van der Waals surface area (Å²) in [6, 6.07) is 3.09. The Labute approximate surface area is 108 Å². The SMILES string of the molecule is CCC[C@H](NC(=O)CSc1cccs1)C(=O)O. The molecule has 4 nitrogen and oxygen atoms in total. The van der Waals surface area contributed by atoms with E-state index in [2.05, 4.69) is 5.32 Å². The minimum atomic E-state index is -0.971. The van der Waals surface area contributed by atoms with Crippen molar-refractivity contribution in [2.45, 2.75) is 30.0 Å². The number of thioether (sulfide) groups is 1. The molecule has 0 radical (unpaired) electrons. The van der Waals surface area contributed by atoms with Crippen LogP contribution >= 0.6 is 23.1 Å². The Hall–Kier alpha value is -1.01. The van der Waals surface area contributed by atoms with Gasteiger partial charge in [0.05, 0.1) is 9.96 Å². The first-order valence-corrected chi connectivity index (χ1v) is 7.18. The maximum Gasteiger partial charge on any atom is 0.326 e. The highest BCUT2D eigenvalue weighted by Crippen LogP contribution is 2.22. The van der Waals surface area contributed by atoms with Crippen molar-refractivity contribution in [1.82, 2.24) is 5.32 Å². The normalized spacial score (nSPS) is 12.1. The van der Waals surface area contributed by atoms with Crippen molar-refractivity contribution in [2.24, 2.45) is 0 Å². The van der Waals surface area contributed by atoms with Gasteiger partial charge in [-0.1, -0.05) is 19.4 Å². The van der Waals surface area contributed by atoms with Gasteiger partial charge in [-0.3, -0.25) is 4.79 Å². The lowest BCUT2D eigenvalue weighted by molar-refractivity contribution is -0.141. The van der Waals surface area contributed by atoms with Gasteiger partial charge in [0.15, 0.2) is 0 Å². The van der Waals surface area contributed by atoms with E-state index in [4.69, 9.17) is 5.11 Å². The van der Waals surface area contributed by atoms with Gasteiger partial charge in [0, 0.05) is 0 Å². The van der Waals surface area contributed by atoms with Gasteiger partial charge in [-0.2, -0.15) is 0 Å². The van der Waals surface area contributed by atoms with Crippen LogP contribution in [0.3, 0.4) is 0 Å². The summed E-state index contributed by atoms with van der Waals surface area (Å²) in [4.78, 5) is 22.4. The Morgan fingerprint density at radius 2 is 2.35 bits per heavy atom. The Kier molecular flexibility index (Phi) is 6.07. The van der Waals surface area contributed by atoms with Crippen LogP contribution in [0.5, 0.6) is 0 Å². The van der Waals surface area contributed by atoms with E-state index < -0.39 is 12.0 Å². The summed E-state index contributed by atoms with van der Waals surface area (Å²) in [5.41, 5.74) is 0. The van der Waals surface area contributed by atoms with Crippen LogP contribution in [0.2, 0.25) is 0 Å². The van der Waals surface area contributed by atoms with E-state index in [9.17, 15) is 9.59 Å². The number of carboxylic acid groups (broad SMARTS) is 1. The number of carboxylic acids is 1. The molecule has 0 aliphatic rings. The Morgan fingerprint density at radius 3 is 2.88 bits per heavy atom. The summed E-state index contributed by atoms with van der Waals surface area (Å²) >= 11 is 2.99. The fourth-order valence-corrected chi connectivity index (χ4v) is 2.86. The molecule has 6 heteroatoms. The van der Waals surface area contributed by atoms with Crippen molar-refractivity contribution < 1.29 is 14.7 Å². The van der Waals surface area contributed by atoms with Crippen LogP contribution in [0, 0.1) is 0 Å². The third-order valence-electron chi connectivity index (χ3n) is 2.05. The van der Waals surface area contributed by atoms with Crippen molar-refractivity contribution in [3.63, 3.8) is 0 Å². The van der Waals surface area contributed by atoms with Crippen molar-refractivity contribution in [3.05, 3.63) is 17.5 Å². The molecule has 0 spiro atoms. The number of nitrogens with one attached hydrogen (secondary N) is 1. The molecule has 0 aliphatic carbocycles. The molecular formula is C11H15NO3S2. The second-order valence-corrected chi connectivity index (χ2v) is 5.69. The van der Waals surface area contributed by atoms with Gasteiger partial charge < -0.3 is 10.4 Å². The predicted molar refractivity (Wildman–Crippen MR) is 69.5 cm³/mol. The lowest BCUT2D eigenvalue weighted by Crippen LogP contribution is -2.41. The van der Waals surface area contributed by atoms with Gasteiger partial charge in [0.1, 0.15) is 6.04 Å². The van der Waals surface area contributed by atoms with Crippen LogP contribution in [0.4, 0.5) is 0 Å². The number of rotatable bonds is 7.